The molecule has 5 nitrogen and oxygen atoms in total. The van der Waals surface area contributed by atoms with Gasteiger partial charge in [0.1, 0.15) is 6.04 Å². The van der Waals surface area contributed by atoms with Crippen LogP contribution in [0.5, 0.6) is 0 Å². The lowest BCUT2D eigenvalue weighted by Crippen LogP contribution is -2.50. The van der Waals surface area contributed by atoms with Crippen molar-refractivity contribution in [2.24, 2.45) is 11.8 Å². The number of carbonyl (C=O) groups excluding carboxylic acids is 1. The van der Waals surface area contributed by atoms with Crippen LogP contribution in [-0.2, 0) is 14.3 Å². The third-order valence-electron chi connectivity index (χ3n) is 3.64. The van der Waals surface area contributed by atoms with Crippen LogP contribution in [0.1, 0.15) is 27.2 Å². The second kappa shape index (κ2) is 5.99. The number of amides is 1. The number of aliphatic carboxylic acids is 1. The summed E-state index contributed by atoms with van der Waals surface area (Å²) in [5, 5.41) is 10.3. The molecule has 0 spiro atoms. The monoisotopic (exact) mass is 297 g/mol. The average molecular weight is 297 g/mol. The van der Waals surface area contributed by atoms with Gasteiger partial charge in [0.15, 0.2) is 0 Å². The molecule has 20 heavy (non-hydrogen) atoms. The SMILES string of the molecule is CC1OC(C)C(C(=O)NC(CC(=O)O)C(F)(F)F)C1C. The van der Waals surface area contributed by atoms with Crippen molar-refractivity contribution in [2.75, 3.05) is 0 Å². The molecule has 5 atom stereocenters. The van der Waals surface area contributed by atoms with Gasteiger partial charge in [0.2, 0.25) is 5.91 Å². The minimum absolute atomic E-state index is 0.232. The van der Waals surface area contributed by atoms with Gasteiger partial charge in [-0.25, -0.2) is 0 Å². The third kappa shape index (κ3) is 3.84. The van der Waals surface area contributed by atoms with E-state index in [2.05, 4.69) is 0 Å². The lowest BCUT2D eigenvalue weighted by molar-refractivity contribution is -0.171. The molecule has 1 saturated heterocycles. The van der Waals surface area contributed by atoms with Crippen LogP contribution in [0.3, 0.4) is 0 Å². The fourth-order valence-electron chi connectivity index (χ4n) is 2.41. The van der Waals surface area contributed by atoms with E-state index in [4.69, 9.17) is 9.84 Å². The normalized spacial score (nSPS) is 31.9. The quantitative estimate of drug-likeness (QED) is 0.826. The van der Waals surface area contributed by atoms with Crippen molar-refractivity contribution in [1.82, 2.24) is 5.32 Å². The molecule has 1 aliphatic heterocycles. The number of carbonyl (C=O) groups is 2. The minimum atomic E-state index is -4.80. The number of hydrogen-bond donors (Lipinski definition) is 2. The van der Waals surface area contributed by atoms with Crippen LogP contribution in [0.4, 0.5) is 13.2 Å². The maximum Gasteiger partial charge on any atom is 0.409 e. The summed E-state index contributed by atoms with van der Waals surface area (Å²) in [5.41, 5.74) is 0. The lowest BCUT2D eigenvalue weighted by Gasteiger charge is -2.24. The summed E-state index contributed by atoms with van der Waals surface area (Å²) in [7, 11) is 0. The molecule has 5 unspecified atom stereocenters. The number of carboxylic acids is 1. The molecule has 116 valence electrons. The largest absolute Gasteiger partial charge is 0.481 e. The van der Waals surface area contributed by atoms with E-state index >= 15 is 0 Å². The summed E-state index contributed by atoms with van der Waals surface area (Å²) in [6.07, 6.45) is -6.73. The Hall–Kier alpha value is -1.31. The molecule has 0 aromatic carbocycles. The van der Waals surface area contributed by atoms with E-state index in [-0.39, 0.29) is 12.0 Å². The number of carboxylic acid groups (broad SMARTS) is 1. The van der Waals surface area contributed by atoms with Gasteiger partial charge in [-0.15, -0.1) is 0 Å². The standard InChI is InChI=1S/C12H18F3NO4/c1-5-6(2)20-7(3)10(5)11(19)16-8(4-9(17)18)12(13,14)15/h5-8,10H,4H2,1-3H3,(H,16,19)(H,17,18). The summed E-state index contributed by atoms with van der Waals surface area (Å²) >= 11 is 0. The Bertz CT molecular complexity index is 385. The molecular formula is C12H18F3NO4. The molecule has 1 amide bonds. The second-order valence-corrected chi connectivity index (χ2v) is 5.13. The topological polar surface area (TPSA) is 75.6 Å². The number of hydrogen-bond acceptors (Lipinski definition) is 3. The lowest BCUT2D eigenvalue weighted by atomic mass is 9.88. The Morgan fingerprint density at radius 3 is 2.15 bits per heavy atom. The molecule has 0 aromatic heterocycles. The predicted octanol–water partition coefficient (Wildman–Crippen LogP) is 1.57. The van der Waals surface area contributed by atoms with Crippen LogP contribution in [0, 0.1) is 11.8 Å². The summed E-state index contributed by atoms with van der Waals surface area (Å²) in [5.74, 6) is -3.39. The number of nitrogens with one attached hydrogen (secondary N) is 1. The van der Waals surface area contributed by atoms with Crippen molar-refractivity contribution in [3.05, 3.63) is 0 Å². The molecule has 0 bridgehead atoms. The molecule has 0 aromatic rings. The summed E-state index contributed by atoms with van der Waals surface area (Å²) < 4.78 is 43.5. The van der Waals surface area contributed by atoms with E-state index in [1.165, 1.54) is 0 Å². The van der Waals surface area contributed by atoms with Gasteiger partial charge >= 0.3 is 12.1 Å². The van der Waals surface area contributed by atoms with Crippen LogP contribution < -0.4 is 5.32 Å². The van der Waals surface area contributed by atoms with Crippen molar-refractivity contribution >= 4 is 11.9 Å². The van der Waals surface area contributed by atoms with Gasteiger partial charge in [-0.2, -0.15) is 13.2 Å². The van der Waals surface area contributed by atoms with Gasteiger partial charge in [-0.3, -0.25) is 9.59 Å². The van der Waals surface area contributed by atoms with Crippen LogP contribution in [0.2, 0.25) is 0 Å². The zero-order chi connectivity index (χ0) is 15.7. The number of halogens is 3. The van der Waals surface area contributed by atoms with Crippen LogP contribution in [-0.4, -0.2) is 41.4 Å². The van der Waals surface area contributed by atoms with E-state index < -0.39 is 42.5 Å². The fourth-order valence-corrected chi connectivity index (χ4v) is 2.41. The molecule has 8 heteroatoms. The first-order valence-corrected chi connectivity index (χ1v) is 6.28. The molecule has 0 radical (unpaired) electrons. The molecular weight excluding hydrogens is 279 g/mol. The van der Waals surface area contributed by atoms with Gasteiger partial charge < -0.3 is 15.2 Å². The third-order valence-corrected chi connectivity index (χ3v) is 3.64. The summed E-state index contributed by atoms with van der Waals surface area (Å²) in [6.45, 7) is 5.08. The minimum Gasteiger partial charge on any atom is -0.481 e. The van der Waals surface area contributed by atoms with Crippen molar-refractivity contribution < 1.29 is 32.6 Å². The van der Waals surface area contributed by atoms with E-state index in [9.17, 15) is 22.8 Å². The summed E-state index contributed by atoms with van der Waals surface area (Å²) in [4.78, 5) is 22.4. The molecule has 2 N–H and O–H groups in total. The van der Waals surface area contributed by atoms with Gasteiger partial charge in [0.05, 0.1) is 24.5 Å². The van der Waals surface area contributed by atoms with Crippen LogP contribution >= 0.6 is 0 Å². The fraction of sp³-hybridized carbons (Fsp3) is 0.833. The maximum absolute atomic E-state index is 12.7. The zero-order valence-corrected chi connectivity index (χ0v) is 11.4. The van der Waals surface area contributed by atoms with E-state index in [0.717, 1.165) is 0 Å². The van der Waals surface area contributed by atoms with E-state index in [0.29, 0.717) is 0 Å². The first-order chi connectivity index (χ1) is 9.04. The Balaban J connectivity index is 2.78. The van der Waals surface area contributed by atoms with Crippen LogP contribution in [0.15, 0.2) is 0 Å². The molecule has 0 saturated carbocycles. The zero-order valence-electron chi connectivity index (χ0n) is 11.4. The molecule has 1 heterocycles. The first kappa shape index (κ1) is 16.7. The van der Waals surface area contributed by atoms with Gasteiger partial charge in [-0.1, -0.05) is 6.92 Å². The highest BCUT2D eigenvalue weighted by molar-refractivity contribution is 5.81. The maximum atomic E-state index is 12.7. The first-order valence-electron chi connectivity index (χ1n) is 6.28. The average Bonchev–Trinajstić information content (AvgIpc) is 2.50. The van der Waals surface area contributed by atoms with Gasteiger partial charge in [0.25, 0.3) is 0 Å². The molecule has 1 aliphatic rings. The van der Waals surface area contributed by atoms with E-state index in [1.54, 1.807) is 26.1 Å². The summed E-state index contributed by atoms with van der Waals surface area (Å²) in [6, 6.07) is -2.39. The van der Waals surface area contributed by atoms with Gasteiger partial charge in [0, 0.05) is 0 Å². The van der Waals surface area contributed by atoms with Gasteiger partial charge in [-0.05, 0) is 19.8 Å². The van der Waals surface area contributed by atoms with Crippen molar-refractivity contribution in [3.63, 3.8) is 0 Å². The second-order valence-electron chi connectivity index (χ2n) is 5.13. The van der Waals surface area contributed by atoms with Crippen molar-refractivity contribution in [1.29, 1.82) is 0 Å². The Morgan fingerprint density at radius 2 is 1.80 bits per heavy atom. The highest BCUT2D eigenvalue weighted by Gasteiger charge is 2.46. The Morgan fingerprint density at radius 1 is 1.25 bits per heavy atom. The number of ether oxygens (including phenoxy) is 1. The Kier molecular flexibility index (Phi) is 5.01. The van der Waals surface area contributed by atoms with Crippen molar-refractivity contribution in [2.45, 2.75) is 51.6 Å². The van der Waals surface area contributed by atoms with Crippen LogP contribution in [0.25, 0.3) is 0 Å². The number of alkyl halides is 3. The molecule has 1 fully saturated rings. The molecule has 1 rings (SSSR count). The molecule has 0 aliphatic carbocycles. The predicted molar refractivity (Wildman–Crippen MR) is 62.9 cm³/mol. The smallest absolute Gasteiger partial charge is 0.409 e. The highest BCUT2D eigenvalue weighted by Crippen LogP contribution is 2.33. The van der Waals surface area contributed by atoms with Crippen molar-refractivity contribution in [3.8, 4) is 0 Å². The Labute approximate surface area is 114 Å². The number of rotatable bonds is 4. The van der Waals surface area contributed by atoms with E-state index in [1.807, 2.05) is 0 Å². The highest BCUT2D eigenvalue weighted by atomic mass is 19.4.